The second-order valence-electron chi connectivity index (χ2n) is 3.98. The molecule has 0 heterocycles. The van der Waals surface area contributed by atoms with Gasteiger partial charge < -0.3 is 0 Å². The van der Waals surface area contributed by atoms with Crippen LogP contribution in [0, 0.1) is 11.3 Å². The molecule has 0 saturated heterocycles. The van der Waals surface area contributed by atoms with Crippen LogP contribution in [0.1, 0.15) is 47.0 Å². The van der Waals surface area contributed by atoms with Crippen LogP contribution in [0.15, 0.2) is 0 Å². The molecular formula is C10H21F. The van der Waals surface area contributed by atoms with Gasteiger partial charge in [-0.25, -0.2) is 0 Å². The number of alkyl halides is 1. The van der Waals surface area contributed by atoms with Crippen molar-refractivity contribution in [2.75, 3.05) is 6.67 Å². The van der Waals surface area contributed by atoms with Gasteiger partial charge in [-0.15, -0.1) is 0 Å². The molecule has 0 unspecified atom stereocenters. The number of halogens is 1. The fraction of sp³-hybridized carbons (Fsp3) is 1.00. The van der Waals surface area contributed by atoms with Gasteiger partial charge in [-0.2, -0.15) is 0 Å². The van der Waals surface area contributed by atoms with E-state index >= 15 is 0 Å². The average molecular weight is 160 g/mol. The molecule has 0 aromatic carbocycles. The lowest BCUT2D eigenvalue weighted by Crippen LogP contribution is -2.18. The fourth-order valence-electron chi connectivity index (χ4n) is 1.43. The fourth-order valence-corrected chi connectivity index (χ4v) is 1.43. The topological polar surface area (TPSA) is 0 Å². The minimum atomic E-state index is -0.171. The van der Waals surface area contributed by atoms with Crippen molar-refractivity contribution in [1.29, 1.82) is 0 Å². The van der Waals surface area contributed by atoms with Crippen LogP contribution in [-0.4, -0.2) is 6.67 Å². The predicted octanol–water partition coefficient (Wildman–Crippen LogP) is 3.81. The highest BCUT2D eigenvalue weighted by Gasteiger charge is 2.22. The lowest BCUT2D eigenvalue weighted by atomic mass is 9.77. The normalized spacial score (nSPS) is 15.0. The van der Waals surface area contributed by atoms with Gasteiger partial charge >= 0.3 is 0 Å². The van der Waals surface area contributed by atoms with Crippen molar-refractivity contribution in [3.05, 3.63) is 0 Å². The van der Waals surface area contributed by atoms with E-state index in [4.69, 9.17) is 0 Å². The Hall–Kier alpha value is -0.0700. The number of hydrogen-bond donors (Lipinski definition) is 0. The molecule has 1 atom stereocenters. The molecule has 0 radical (unpaired) electrons. The smallest absolute Gasteiger partial charge is 0.0920 e. The first-order chi connectivity index (χ1) is 5.08. The van der Waals surface area contributed by atoms with E-state index in [1.54, 1.807) is 0 Å². The van der Waals surface area contributed by atoms with E-state index in [1.807, 2.05) is 6.92 Å². The molecule has 0 aliphatic heterocycles. The molecule has 0 aromatic rings. The van der Waals surface area contributed by atoms with Crippen LogP contribution in [0.25, 0.3) is 0 Å². The van der Waals surface area contributed by atoms with Crippen molar-refractivity contribution >= 4 is 0 Å². The van der Waals surface area contributed by atoms with Gasteiger partial charge in [-0.1, -0.05) is 40.5 Å². The second kappa shape index (κ2) is 4.74. The van der Waals surface area contributed by atoms with E-state index in [0.29, 0.717) is 5.41 Å². The predicted molar refractivity (Wildman–Crippen MR) is 48.4 cm³/mol. The van der Waals surface area contributed by atoms with Crippen LogP contribution < -0.4 is 0 Å². The van der Waals surface area contributed by atoms with Gasteiger partial charge in [0.05, 0.1) is 6.67 Å². The summed E-state index contributed by atoms with van der Waals surface area (Å²) in [6.07, 6.45) is 3.35. The Morgan fingerprint density at radius 2 is 1.73 bits per heavy atom. The monoisotopic (exact) mass is 160 g/mol. The standard InChI is InChI=1S/C10H21F/c1-5-10(4,6-2)7-9(3)8-11/h9H,5-8H2,1-4H3/t9-/m0/s1. The van der Waals surface area contributed by atoms with Crippen molar-refractivity contribution in [2.45, 2.75) is 47.0 Å². The third kappa shape index (κ3) is 3.74. The van der Waals surface area contributed by atoms with Gasteiger partial charge in [0.15, 0.2) is 0 Å². The summed E-state index contributed by atoms with van der Waals surface area (Å²) in [7, 11) is 0. The van der Waals surface area contributed by atoms with Crippen LogP contribution in [0.3, 0.4) is 0 Å². The van der Waals surface area contributed by atoms with E-state index < -0.39 is 0 Å². The molecule has 0 nitrogen and oxygen atoms in total. The molecule has 0 saturated carbocycles. The van der Waals surface area contributed by atoms with Crippen molar-refractivity contribution in [3.8, 4) is 0 Å². The van der Waals surface area contributed by atoms with Gasteiger partial charge in [0.25, 0.3) is 0 Å². The average Bonchev–Trinajstić information content (AvgIpc) is 2.04. The highest BCUT2D eigenvalue weighted by atomic mass is 19.1. The largest absolute Gasteiger partial charge is 0.251 e. The Balaban J connectivity index is 3.86. The Labute approximate surface area is 70.2 Å². The first-order valence-corrected chi connectivity index (χ1v) is 4.64. The van der Waals surface area contributed by atoms with Crippen LogP contribution in [0.4, 0.5) is 4.39 Å². The van der Waals surface area contributed by atoms with E-state index in [0.717, 1.165) is 19.3 Å². The van der Waals surface area contributed by atoms with E-state index in [-0.39, 0.29) is 12.6 Å². The summed E-state index contributed by atoms with van der Waals surface area (Å²) in [4.78, 5) is 0. The Kier molecular flexibility index (Phi) is 4.71. The molecule has 0 N–H and O–H groups in total. The van der Waals surface area contributed by atoms with Crippen LogP contribution in [-0.2, 0) is 0 Å². The zero-order valence-corrected chi connectivity index (χ0v) is 8.28. The summed E-state index contributed by atoms with van der Waals surface area (Å²) < 4.78 is 12.2. The maximum Gasteiger partial charge on any atom is 0.0920 e. The molecule has 0 aliphatic carbocycles. The number of rotatable bonds is 5. The SMILES string of the molecule is CCC(C)(CC)C[C@H](C)CF. The molecule has 1 heteroatoms. The third-order valence-corrected chi connectivity index (χ3v) is 2.81. The summed E-state index contributed by atoms with van der Waals surface area (Å²) in [5, 5.41) is 0. The molecule has 0 rings (SSSR count). The molecule has 68 valence electrons. The first-order valence-electron chi connectivity index (χ1n) is 4.64. The van der Waals surface area contributed by atoms with Crippen molar-refractivity contribution in [1.82, 2.24) is 0 Å². The summed E-state index contributed by atoms with van der Waals surface area (Å²) in [6, 6.07) is 0. The molecule has 0 spiro atoms. The summed E-state index contributed by atoms with van der Waals surface area (Å²) in [6.45, 7) is 8.45. The maximum absolute atomic E-state index is 12.2. The van der Waals surface area contributed by atoms with E-state index in [1.165, 1.54) is 0 Å². The quantitative estimate of drug-likeness (QED) is 0.573. The highest BCUT2D eigenvalue weighted by molar-refractivity contribution is 4.73. The summed E-state index contributed by atoms with van der Waals surface area (Å²) in [5.41, 5.74) is 0.367. The van der Waals surface area contributed by atoms with Gasteiger partial charge in [-0.3, -0.25) is 4.39 Å². The Morgan fingerprint density at radius 1 is 1.27 bits per heavy atom. The van der Waals surface area contributed by atoms with Crippen LogP contribution in [0.5, 0.6) is 0 Å². The minimum absolute atomic E-state index is 0.171. The zero-order chi connectivity index (χ0) is 8.91. The second-order valence-corrected chi connectivity index (χ2v) is 3.98. The lowest BCUT2D eigenvalue weighted by Gasteiger charge is -2.28. The summed E-state index contributed by atoms with van der Waals surface area (Å²) in [5.74, 6) is 0.236. The van der Waals surface area contributed by atoms with Crippen molar-refractivity contribution < 1.29 is 4.39 Å². The van der Waals surface area contributed by atoms with Crippen molar-refractivity contribution in [2.24, 2.45) is 11.3 Å². The van der Waals surface area contributed by atoms with E-state index in [2.05, 4.69) is 20.8 Å². The van der Waals surface area contributed by atoms with Gasteiger partial charge in [0.1, 0.15) is 0 Å². The van der Waals surface area contributed by atoms with Gasteiger partial charge in [0, 0.05) is 0 Å². The highest BCUT2D eigenvalue weighted by Crippen LogP contribution is 2.33. The zero-order valence-electron chi connectivity index (χ0n) is 8.28. The number of hydrogen-bond acceptors (Lipinski definition) is 0. The molecule has 0 fully saturated rings. The van der Waals surface area contributed by atoms with Crippen LogP contribution in [0.2, 0.25) is 0 Å². The van der Waals surface area contributed by atoms with E-state index in [9.17, 15) is 4.39 Å². The molecular weight excluding hydrogens is 139 g/mol. The van der Waals surface area contributed by atoms with Crippen molar-refractivity contribution in [3.63, 3.8) is 0 Å². The Morgan fingerprint density at radius 3 is 2.00 bits per heavy atom. The molecule has 0 aliphatic rings. The third-order valence-electron chi connectivity index (χ3n) is 2.81. The minimum Gasteiger partial charge on any atom is -0.251 e. The van der Waals surface area contributed by atoms with Gasteiger partial charge in [-0.05, 0) is 17.8 Å². The Bertz CT molecular complexity index is 95.0. The van der Waals surface area contributed by atoms with Gasteiger partial charge in [0.2, 0.25) is 0 Å². The molecule has 0 aromatic heterocycles. The molecule has 0 amide bonds. The molecule has 0 bridgehead atoms. The lowest BCUT2D eigenvalue weighted by molar-refractivity contribution is 0.206. The molecule has 11 heavy (non-hydrogen) atoms. The van der Waals surface area contributed by atoms with Crippen LogP contribution >= 0.6 is 0 Å². The maximum atomic E-state index is 12.2. The first kappa shape index (κ1) is 10.9. The summed E-state index contributed by atoms with van der Waals surface area (Å²) >= 11 is 0.